The number of rotatable bonds is 3. The first-order chi connectivity index (χ1) is 9.83. The van der Waals surface area contributed by atoms with Gasteiger partial charge in [0, 0.05) is 25.3 Å². The maximum absolute atomic E-state index is 5.98. The van der Waals surface area contributed by atoms with Crippen molar-refractivity contribution >= 4 is 0 Å². The zero-order valence-corrected chi connectivity index (χ0v) is 11.8. The van der Waals surface area contributed by atoms with Crippen LogP contribution in [0.1, 0.15) is 24.3 Å². The van der Waals surface area contributed by atoms with E-state index in [4.69, 9.17) is 4.74 Å². The van der Waals surface area contributed by atoms with Crippen molar-refractivity contribution in [2.24, 2.45) is 0 Å². The van der Waals surface area contributed by atoms with Gasteiger partial charge in [0.1, 0.15) is 0 Å². The van der Waals surface area contributed by atoms with Gasteiger partial charge in [-0.25, -0.2) is 0 Å². The predicted octanol–water partition coefficient (Wildman–Crippen LogP) is 3.04. The minimum absolute atomic E-state index is 0.163. The molecule has 0 bridgehead atoms. The molecular weight excluding hydrogens is 248 g/mol. The number of hydrogen-bond donors (Lipinski definition) is 0. The second kappa shape index (κ2) is 6.16. The molecule has 3 nitrogen and oxygen atoms in total. The third-order valence-electron chi connectivity index (χ3n) is 3.82. The first-order valence-corrected chi connectivity index (χ1v) is 7.13. The van der Waals surface area contributed by atoms with Crippen LogP contribution in [0.5, 0.6) is 0 Å². The van der Waals surface area contributed by atoms with Crippen molar-refractivity contribution < 1.29 is 4.74 Å². The Balaban J connectivity index is 1.71. The van der Waals surface area contributed by atoms with Crippen LogP contribution in [-0.2, 0) is 11.3 Å². The maximum Gasteiger partial charge on any atom is 0.0952 e. The summed E-state index contributed by atoms with van der Waals surface area (Å²) < 4.78 is 5.98. The van der Waals surface area contributed by atoms with Gasteiger partial charge in [-0.15, -0.1) is 0 Å². The van der Waals surface area contributed by atoms with Gasteiger partial charge in [0.2, 0.25) is 0 Å². The molecule has 3 rings (SSSR count). The SMILES string of the molecule is C[C@H]1CO[C@H](c2ccccc2)CN1Cc1ccccn1. The summed E-state index contributed by atoms with van der Waals surface area (Å²) in [6.07, 6.45) is 2.02. The highest BCUT2D eigenvalue weighted by Gasteiger charge is 2.27. The van der Waals surface area contributed by atoms with Crippen molar-refractivity contribution in [1.82, 2.24) is 9.88 Å². The van der Waals surface area contributed by atoms with Crippen molar-refractivity contribution in [1.29, 1.82) is 0 Å². The van der Waals surface area contributed by atoms with Crippen LogP contribution in [0.15, 0.2) is 54.7 Å². The van der Waals surface area contributed by atoms with Crippen LogP contribution >= 0.6 is 0 Å². The van der Waals surface area contributed by atoms with Crippen LogP contribution in [0.3, 0.4) is 0 Å². The normalized spacial score (nSPS) is 23.6. The van der Waals surface area contributed by atoms with Gasteiger partial charge < -0.3 is 4.74 Å². The quantitative estimate of drug-likeness (QED) is 0.855. The standard InChI is InChI=1S/C17H20N2O/c1-14-13-20-17(15-7-3-2-4-8-15)12-19(14)11-16-9-5-6-10-18-16/h2-10,14,17H,11-13H2,1H3/t14-,17-/m0/s1. The third kappa shape index (κ3) is 3.06. The van der Waals surface area contributed by atoms with Crippen molar-refractivity contribution in [3.05, 3.63) is 66.0 Å². The lowest BCUT2D eigenvalue weighted by atomic mass is 10.1. The number of hydrogen-bond acceptors (Lipinski definition) is 3. The zero-order valence-electron chi connectivity index (χ0n) is 11.8. The summed E-state index contributed by atoms with van der Waals surface area (Å²) in [5.41, 5.74) is 2.37. The zero-order chi connectivity index (χ0) is 13.8. The number of benzene rings is 1. The molecule has 1 aliphatic rings. The molecule has 1 aromatic carbocycles. The van der Waals surface area contributed by atoms with Crippen molar-refractivity contribution in [3.8, 4) is 0 Å². The van der Waals surface area contributed by atoms with Gasteiger partial charge in [0.15, 0.2) is 0 Å². The van der Waals surface area contributed by atoms with Crippen molar-refractivity contribution in [2.45, 2.75) is 25.6 Å². The van der Waals surface area contributed by atoms with E-state index in [-0.39, 0.29) is 6.10 Å². The average molecular weight is 268 g/mol. The van der Waals surface area contributed by atoms with E-state index in [9.17, 15) is 0 Å². The highest BCUT2D eigenvalue weighted by molar-refractivity contribution is 5.18. The number of pyridine rings is 1. The Morgan fingerprint density at radius 1 is 1.15 bits per heavy atom. The van der Waals surface area contributed by atoms with Gasteiger partial charge in [0.25, 0.3) is 0 Å². The highest BCUT2D eigenvalue weighted by atomic mass is 16.5. The first-order valence-electron chi connectivity index (χ1n) is 7.13. The molecule has 2 heterocycles. The number of morpholine rings is 1. The molecule has 1 saturated heterocycles. The summed E-state index contributed by atoms with van der Waals surface area (Å²) in [6.45, 7) is 4.78. The molecule has 0 spiro atoms. The minimum atomic E-state index is 0.163. The molecule has 0 amide bonds. The lowest BCUT2D eigenvalue weighted by molar-refractivity contribution is -0.0636. The van der Waals surface area contributed by atoms with E-state index in [1.165, 1.54) is 5.56 Å². The Bertz CT molecular complexity index is 529. The van der Waals surface area contributed by atoms with Gasteiger partial charge in [0.05, 0.1) is 18.4 Å². The van der Waals surface area contributed by atoms with Gasteiger partial charge in [-0.3, -0.25) is 9.88 Å². The molecule has 104 valence electrons. The average Bonchev–Trinajstić information content (AvgIpc) is 2.51. The van der Waals surface area contributed by atoms with Crippen LogP contribution in [0, 0.1) is 0 Å². The number of nitrogens with zero attached hydrogens (tertiary/aromatic N) is 2. The van der Waals surface area contributed by atoms with E-state index < -0.39 is 0 Å². The molecule has 0 unspecified atom stereocenters. The van der Waals surface area contributed by atoms with E-state index in [1.807, 2.05) is 24.4 Å². The van der Waals surface area contributed by atoms with Crippen LogP contribution in [0.25, 0.3) is 0 Å². The molecule has 0 aliphatic carbocycles. The Kier molecular flexibility index (Phi) is 4.09. The van der Waals surface area contributed by atoms with E-state index in [2.05, 4.69) is 47.1 Å². The van der Waals surface area contributed by atoms with E-state index >= 15 is 0 Å². The fraction of sp³-hybridized carbons (Fsp3) is 0.353. The second-order valence-electron chi connectivity index (χ2n) is 5.33. The van der Waals surface area contributed by atoms with Crippen LogP contribution < -0.4 is 0 Å². The first kappa shape index (κ1) is 13.3. The molecule has 1 fully saturated rings. The Morgan fingerprint density at radius 3 is 2.70 bits per heavy atom. The number of aromatic nitrogens is 1. The lowest BCUT2D eigenvalue weighted by Gasteiger charge is -2.38. The molecule has 1 aromatic heterocycles. The summed E-state index contributed by atoms with van der Waals surface area (Å²) in [7, 11) is 0. The molecule has 0 saturated carbocycles. The molecule has 2 aromatic rings. The molecule has 2 atom stereocenters. The molecule has 20 heavy (non-hydrogen) atoms. The molecule has 3 heteroatoms. The monoisotopic (exact) mass is 268 g/mol. The second-order valence-corrected chi connectivity index (χ2v) is 5.33. The van der Waals surface area contributed by atoms with Crippen LogP contribution in [0.4, 0.5) is 0 Å². The van der Waals surface area contributed by atoms with E-state index in [0.717, 1.165) is 25.4 Å². The third-order valence-corrected chi connectivity index (χ3v) is 3.82. The fourth-order valence-electron chi connectivity index (χ4n) is 2.60. The van der Waals surface area contributed by atoms with Gasteiger partial charge in [-0.05, 0) is 24.6 Å². The largest absolute Gasteiger partial charge is 0.371 e. The Labute approximate surface area is 120 Å². The van der Waals surface area contributed by atoms with E-state index in [1.54, 1.807) is 0 Å². The summed E-state index contributed by atoms with van der Waals surface area (Å²) in [5.74, 6) is 0. The fourth-order valence-corrected chi connectivity index (χ4v) is 2.60. The topological polar surface area (TPSA) is 25.4 Å². The minimum Gasteiger partial charge on any atom is -0.371 e. The summed E-state index contributed by atoms with van der Waals surface area (Å²) in [5, 5.41) is 0. The lowest BCUT2D eigenvalue weighted by Crippen LogP contribution is -2.44. The van der Waals surface area contributed by atoms with E-state index in [0.29, 0.717) is 6.04 Å². The molecular formula is C17H20N2O. The van der Waals surface area contributed by atoms with Crippen LogP contribution in [-0.4, -0.2) is 29.1 Å². The number of ether oxygens (including phenoxy) is 1. The predicted molar refractivity (Wildman–Crippen MR) is 79.2 cm³/mol. The van der Waals surface area contributed by atoms with Gasteiger partial charge in [-0.1, -0.05) is 36.4 Å². The van der Waals surface area contributed by atoms with Gasteiger partial charge in [-0.2, -0.15) is 0 Å². The summed E-state index contributed by atoms with van der Waals surface area (Å²) in [6, 6.07) is 17.0. The molecule has 0 N–H and O–H groups in total. The van der Waals surface area contributed by atoms with Gasteiger partial charge >= 0.3 is 0 Å². The molecule has 0 radical (unpaired) electrons. The Hall–Kier alpha value is -1.71. The highest BCUT2D eigenvalue weighted by Crippen LogP contribution is 2.25. The Morgan fingerprint density at radius 2 is 1.95 bits per heavy atom. The maximum atomic E-state index is 5.98. The van der Waals surface area contributed by atoms with Crippen molar-refractivity contribution in [2.75, 3.05) is 13.2 Å². The van der Waals surface area contributed by atoms with Crippen LogP contribution in [0.2, 0.25) is 0 Å². The summed E-state index contributed by atoms with van der Waals surface area (Å²) in [4.78, 5) is 6.87. The van der Waals surface area contributed by atoms with Crippen molar-refractivity contribution in [3.63, 3.8) is 0 Å². The summed E-state index contributed by atoms with van der Waals surface area (Å²) >= 11 is 0. The smallest absolute Gasteiger partial charge is 0.0952 e. The molecule has 1 aliphatic heterocycles.